The van der Waals surface area contributed by atoms with Crippen LogP contribution >= 0.6 is 0 Å². The van der Waals surface area contributed by atoms with Crippen LogP contribution in [0, 0.1) is 0 Å². The van der Waals surface area contributed by atoms with Gasteiger partial charge in [0.15, 0.2) is 0 Å². The molecule has 102 valence electrons. The first-order valence-electron chi connectivity index (χ1n) is 5.74. The molecule has 3 aromatic rings. The van der Waals surface area contributed by atoms with Crippen LogP contribution in [0.2, 0.25) is 0 Å². The highest BCUT2D eigenvalue weighted by Gasteiger charge is 2.38. The lowest BCUT2D eigenvalue weighted by Crippen LogP contribution is -2.29. The summed E-state index contributed by atoms with van der Waals surface area (Å²) < 4.78 is 42.2. The number of carbonyl (C=O) groups excluding carboxylic acids is 1. The molecule has 0 aliphatic carbocycles. The topological polar surface area (TPSA) is 42.2 Å². The zero-order valence-electron chi connectivity index (χ0n) is 9.99. The van der Waals surface area contributed by atoms with Gasteiger partial charge >= 0.3 is 12.1 Å². The average Bonchev–Trinajstić information content (AvgIpc) is 2.76. The van der Waals surface area contributed by atoms with Gasteiger partial charge < -0.3 is 9.73 Å². The van der Waals surface area contributed by atoms with E-state index in [4.69, 9.17) is 4.42 Å². The zero-order chi connectivity index (χ0) is 14.3. The first kappa shape index (κ1) is 12.5. The molecule has 2 aromatic carbocycles. The molecule has 1 amide bonds. The van der Waals surface area contributed by atoms with Gasteiger partial charge in [0, 0.05) is 16.5 Å². The van der Waals surface area contributed by atoms with Crippen molar-refractivity contribution < 1.29 is 22.4 Å². The molecule has 0 atom stereocenters. The lowest BCUT2D eigenvalue weighted by Gasteiger charge is -2.07. The summed E-state index contributed by atoms with van der Waals surface area (Å²) in [4.78, 5) is 10.9. The highest BCUT2D eigenvalue weighted by atomic mass is 19.4. The minimum absolute atomic E-state index is 0.0754. The van der Waals surface area contributed by atoms with Gasteiger partial charge in [-0.15, -0.1) is 0 Å². The number of furan rings is 1. The Morgan fingerprint density at radius 2 is 1.70 bits per heavy atom. The van der Waals surface area contributed by atoms with E-state index >= 15 is 0 Å². The van der Waals surface area contributed by atoms with Crippen LogP contribution in [0.3, 0.4) is 0 Å². The van der Waals surface area contributed by atoms with E-state index in [1.807, 2.05) is 5.32 Å². The number of hydrogen-bond acceptors (Lipinski definition) is 2. The van der Waals surface area contributed by atoms with Gasteiger partial charge in [-0.05, 0) is 24.3 Å². The fourth-order valence-corrected chi connectivity index (χ4v) is 2.01. The third kappa shape index (κ3) is 2.09. The van der Waals surface area contributed by atoms with E-state index in [0.29, 0.717) is 16.6 Å². The highest BCUT2D eigenvalue weighted by Crippen LogP contribution is 2.30. The van der Waals surface area contributed by atoms with Crippen LogP contribution in [-0.2, 0) is 4.79 Å². The van der Waals surface area contributed by atoms with Crippen molar-refractivity contribution >= 4 is 33.5 Å². The van der Waals surface area contributed by atoms with E-state index < -0.39 is 12.1 Å². The third-order valence-corrected chi connectivity index (χ3v) is 2.89. The van der Waals surface area contributed by atoms with E-state index in [-0.39, 0.29) is 5.69 Å². The molecule has 1 heterocycles. The molecule has 0 unspecified atom stereocenters. The molecule has 0 bridgehead atoms. The maximum atomic E-state index is 12.2. The minimum atomic E-state index is -4.91. The number of anilines is 1. The van der Waals surface area contributed by atoms with Crippen LogP contribution in [0.1, 0.15) is 0 Å². The number of alkyl halides is 3. The fraction of sp³-hybridized carbons (Fsp3) is 0.0714. The predicted octanol–water partition coefficient (Wildman–Crippen LogP) is 4.09. The number of rotatable bonds is 1. The van der Waals surface area contributed by atoms with Crippen molar-refractivity contribution in [1.82, 2.24) is 0 Å². The van der Waals surface area contributed by atoms with Crippen LogP contribution < -0.4 is 5.32 Å². The number of benzene rings is 2. The summed E-state index contributed by atoms with van der Waals surface area (Å²) in [5.74, 6) is -2.00. The highest BCUT2D eigenvalue weighted by molar-refractivity contribution is 6.07. The maximum absolute atomic E-state index is 12.2. The van der Waals surface area contributed by atoms with Crippen LogP contribution in [0.15, 0.2) is 46.9 Å². The average molecular weight is 279 g/mol. The summed E-state index contributed by atoms with van der Waals surface area (Å²) in [7, 11) is 0. The van der Waals surface area contributed by atoms with Gasteiger partial charge in [-0.3, -0.25) is 4.79 Å². The number of carbonyl (C=O) groups is 1. The Hall–Kier alpha value is -2.50. The molecule has 6 heteroatoms. The van der Waals surface area contributed by atoms with Crippen LogP contribution in [0.25, 0.3) is 21.9 Å². The molecular weight excluding hydrogens is 271 g/mol. The van der Waals surface area contributed by atoms with Crippen LogP contribution in [0.4, 0.5) is 18.9 Å². The quantitative estimate of drug-likeness (QED) is 0.729. The minimum Gasteiger partial charge on any atom is -0.456 e. The molecule has 0 spiro atoms. The van der Waals surface area contributed by atoms with Gasteiger partial charge in [-0.2, -0.15) is 13.2 Å². The molecule has 0 fully saturated rings. The second-order valence-electron chi connectivity index (χ2n) is 4.26. The summed E-state index contributed by atoms with van der Waals surface area (Å²) in [5, 5.41) is 3.26. The number of hydrogen-bond donors (Lipinski definition) is 1. The van der Waals surface area contributed by atoms with E-state index in [0.717, 1.165) is 5.39 Å². The second kappa shape index (κ2) is 4.26. The van der Waals surface area contributed by atoms with Gasteiger partial charge in [-0.25, -0.2) is 0 Å². The van der Waals surface area contributed by atoms with Gasteiger partial charge in [0.2, 0.25) is 0 Å². The molecule has 3 rings (SSSR count). The molecular formula is C14H8F3NO2. The van der Waals surface area contributed by atoms with Gasteiger partial charge in [-0.1, -0.05) is 18.2 Å². The molecule has 0 saturated heterocycles. The number of fused-ring (bicyclic) bond motifs is 3. The lowest BCUT2D eigenvalue weighted by atomic mass is 10.1. The van der Waals surface area contributed by atoms with Crippen molar-refractivity contribution in [1.29, 1.82) is 0 Å². The fourth-order valence-electron chi connectivity index (χ4n) is 2.01. The first-order valence-corrected chi connectivity index (χ1v) is 5.74. The maximum Gasteiger partial charge on any atom is 0.471 e. The number of nitrogens with one attached hydrogen (secondary N) is 1. The van der Waals surface area contributed by atoms with Crippen molar-refractivity contribution in [2.45, 2.75) is 6.18 Å². The molecule has 0 saturated carbocycles. The summed E-state index contributed by atoms with van der Waals surface area (Å²) in [6, 6.07) is 11.5. The monoisotopic (exact) mass is 279 g/mol. The van der Waals surface area contributed by atoms with E-state index in [1.165, 1.54) is 18.2 Å². The molecule has 0 aliphatic heterocycles. The second-order valence-corrected chi connectivity index (χ2v) is 4.26. The number of para-hydroxylation sites is 1. The van der Waals surface area contributed by atoms with Crippen molar-refractivity contribution in [2.24, 2.45) is 0 Å². The summed E-state index contributed by atoms with van der Waals surface area (Å²) in [6.45, 7) is 0. The Kier molecular flexibility index (Phi) is 2.67. The van der Waals surface area contributed by atoms with Crippen LogP contribution in [-0.4, -0.2) is 12.1 Å². The van der Waals surface area contributed by atoms with E-state index in [1.54, 1.807) is 24.3 Å². The Balaban J connectivity index is 2.06. The SMILES string of the molecule is O=C(Nc1ccc2oc3ccccc3c2c1)C(F)(F)F. The van der Waals surface area contributed by atoms with Crippen LogP contribution in [0.5, 0.6) is 0 Å². The van der Waals surface area contributed by atoms with Crippen molar-refractivity contribution in [2.75, 3.05) is 5.32 Å². The Labute approximate surface area is 111 Å². The largest absolute Gasteiger partial charge is 0.471 e. The number of amides is 1. The Morgan fingerprint density at radius 1 is 1.00 bits per heavy atom. The molecule has 0 radical (unpaired) electrons. The molecule has 1 N–H and O–H groups in total. The zero-order valence-corrected chi connectivity index (χ0v) is 9.99. The smallest absolute Gasteiger partial charge is 0.456 e. The van der Waals surface area contributed by atoms with Gasteiger partial charge in [0.25, 0.3) is 0 Å². The summed E-state index contributed by atoms with van der Waals surface area (Å²) in [5.41, 5.74) is 1.27. The van der Waals surface area contributed by atoms with E-state index in [9.17, 15) is 18.0 Å². The Morgan fingerprint density at radius 3 is 2.45 bits per heavy atom. The molecule has 3 nitrogen and oxygen atoms in total. The standard InChI is InChI=1S/C14H8F3NO2/c15-14(16,17)13(19)18-8-5-6-12-10(7-8)9-3-1-2-4-11(9)20-12/h1-7H,(H,18,19). The molecule has 20 heavy (non-hydrogen) atoms. The van der Waals surface area contributed by atoms with Gasteiger partial charge in [0.05, 0.1) is 0 Å². The normalized spacial score (nSPS) is 11.9. The predicted molar refractivity (Wildman–Crippen MR) is 68.4 cm³/mol. The summed E-state index contributed by atoms with van der Waals surface area (Å²) in [6.07, 6.45) is -4.91. The lowest BCUT2D eigenvalue weighted by molar-refractivity contribution is -0.167. The van der Waals surface area contributed by atoms with Crippen molar-refractivity contribution in [3.63, 3.8) is 0 Å². The third-order valence-electron chi connectivity index (χ3n) is 2.89. The number of halogens is 3. The summed E-state index contributed by atoms with van der Waals surface area (Å²) >= 11 is 0. The van der Waals surface area contributed by atoms with E-state index in [2.05, 4.69) is 0 Å². The Bertz CT molecular complexity index is 805. The van der Waals surface area contributed by atoms with Gasteiger partial charge in [0.1, 0.15) is 11.2 Å². The van der Waals surface area contributed by atoms with Crippen molar-refractivity contribution in [3.8, 4) is 0 Å². The molecule has 1 aromatic heterocycles. The first-order chi connectivity index (χ1) is 9.45. The molecule has 0 aliphatic rings. The van der Waals surface area contributed by atoms with Crippen molar-refractivity contribution in [3.05, 3.63) is 42.5 Å².